The van der Waals surface area contributed by atoms with Crippen molar-refractivity contribution in [2.45, 2.75) is 66.7 Å². The summed E-state index contributed by atoms with van der Waals surface area (Å²) in [4.78, 5) is 14.5. The van der Waals surface area contributed by atoms with E-state index in [1.807, 2.05) is 0 Å². The first kappa shape index (κ1) is 18.0. The average Bonchev–Trinajstić information content (AvgIpc) is 2.71. The maximum Gasteiger partial charge on any atom is 0.222 e. The topological polar surface area (TPSA) is 20.3 Å². The normalized spacial score (nSPS) is 20.8. The van der Waals surface area contributed by atoms with E-state index >= 15 is 0 Å². The smallest absolute Gasteiger partial charge is 0.222 e. The second kappa shape index (κ2) is 7.29. The molecule has 0 aromatic heterocycles. The molecule has 2 nitrogen and oxygen atoms in total. The predicted molar refractivity (Wildman–Crippen MR) is 90.2 cm³/mol. The highest BCUT2D eigenvalue weighted by Crippen LogP contribution is 2.38. The molecule has 0 bridgehead atoms. The highest BCUT2D eigenvalue weighted by Gasteiger charge is 2.40. The minimum atomic E-state index is 0.233. The molecular weight excluding hydrogens is 314 g/mol. The summed E-state index contributed by atoms with van der Waals surface area (Å²) in [6.45, 7) is 13.1. The van der Waals surface area contributed by atoms with Gasteiger partial charge in [-0.3, -0.25) is 4.79 Å². The third-order valence-electron chi connectivity index (χ3n) is 4.81. The predicted octanol–water partition coefficient (Wildman–Crippen LogP) is 4.86. The molecule has 1 aliphatic rings. The van der Waals surface area contributed by atoms with E-state index in [2.05, 4.69) is 55.4 Å². The van der Waals surface area contributed by atoms with Crippen LogP contribution < -0.4 is 0 Å². The third kappa shape index (κ3) is 4.47. The third-order valence-corrected chi connectivity index (χ3v) is 6.00. The van der Waals surface area contributed by atoms with Gasteiger partial charge in [0.05, 0.1) is 0 Å². The highest BCUT2D eigenvalue weighted by molar-refractivity contribution is 9.09. The summed E-state index contributed by atoms with van der Waals surface area (Å²) in [5.41, 5.74) is 0.503. The second-order valence-corrected chi connectivity index (χ2v) is 8.24. The van der Waals surface area contributed by atoms with E-state index in [1.165, 1.54) is 25.7 Å². The maximum atomic E-state index is 12.3. The molecule has 0 radical (unpaired) electrons. The number of amides is 1. The van der Waals surface area contributed by atoms with Crippen LogP contribution in [0.15, 0.2) is 0 Å². The highest BCUT2D eigenvalue weighted by atomic mass is 79.9. The van der Waals surface area contributed by atoms with Gasteiger partial charge in [0.15, 0.2) is 0 Å². The van der Waals surface area contributed by atoms with Crippen molar-refractivity contribution >= 4 is 21.8 Å². The lowest BCUT2D eigenvalue weighted by atomic mass is 9.79. The van der Waals surface area contributed by atoms with Crippen molar-refractivity contribution < 1.29 is 4.79 Å². The second-order valence-electron chi connectivity index (χ2n) is 7.67. The van der Waals surface area contributed by atoms with Crippen LogP contribution in [0.2, 0.25) is 0 Å². The van der Waals surface area contributed by atoms with Gasteiger partial charge in [0.1, 0.15) is 0 Å². The Morgan fingerprint density at radius 3 is 2.10 bits per heavy atom. The Labute approximate surface area is 133 Å². The zero-order valence-corrected chi connectivity index (χ0v) is 15.6. The Balaban J connectivity index is 2.76. The Hall–Kier alpha value is -0.0500. The van der Waals surface area contributed by atoms with Gasteiger partial charge in [0, 0.05) is 24.8 Å². The van der Waals surface area contributed by atoms with Crippen LogP contribution in [0.3, 0.4) is 0 Å². The van der Waals surface area contributed by atoms with Crippen LogP contribution in [0.25, 0.3) is 0 Å². The Kier molecular flexibility index (Phi) is 6.56. The SMILES string of the molecule is CCCC(CBr)(CCC)CN1CC(C(C)(C)C)CC1=O. The first-order valence-corrected chi connectivity index (χ1v) is 9.24. The zero-order valence-electron chi connectivity index (χ0n) is 14.0. The van der Waals surface area contributed by atoms with Gasteiger partial charge in [0.25, 0.3) is 0 Å². The van der Waals surface area contributed by atoms with E-state index < -0.39 is 0 Å². The first-order chi connectivity index (χ1) is 9.28. The summed E-state index contributed by atoms with van der Waals surface area (Å²) in [5, 5.41) is 1.01. The van der Waals surface area contributed by atoms with Gasteiger partial charge in [0.2, 0.25) is 5.91 Å². The summed E-state index contributed by atoms with van der Waals surface area (Å²) in [5.74, 6) is 0.869. The van der Waals surface area contributed by atoms with E-state index in [0.29, 0.717) is 11.8 Å². The number of rotatable bonds is 7. The number of hydrogen-bond donors (Lipinski definition) is 0. The van der Waals surface area contributed by atoms with Crippen molar-refractivity contribution in [2.24, 2.45) is 16.7 Å². The maximum absolute atomic E-state index is 12.3. The molecule has 1 amide bonds. The summed E-state index contributed by atoms with van der Waals surface area (Å²) >= 11 is 3.72. The van der Waals surface area contributed by atoms with Crippen molar-refractivity contribution in [3.63, 3.8) is 0 Å². The quantitative estimate of drug-likeness (QED) is 0.603. The van der Waals surface area contributed by atoms with E-state index in [0.717, 1.165) is 24.8 Å². The van der Waals surface area contributed by atoms with Crippen LogP contribution in [0, 0.1) is 16.7 Å². The van der Waals surface area contributed by atoms with Gasteiger partial charge in [-0.1, -0.05) is 63.4 Å². The fraction of sp³-hybridized carbons (Fsp3) is 0.941. The summed E-state index contributed by atoms with van der Waals surface area (Å²) < 4.78 is 0. The van der Waals surface area contributed by atoms with E-state index in [1.54, 1.807) is 0 Å². The van der Waals surface area contributed by atoms with Gasteiger partial charge in [-0.25, -0.2) is 0 Å². The lowest BCUT2D eigenvalue weighted by Crippen LogP contribution is -2.40. The zero-order chi connectivity index (χ0) is 15.4. The van der Waals surface area contributed by atoms with E-state index in [-0.39, 0.29) is 10.8 Å². The molecule has 0 aromatic rings. The lowest BCUT2D eigenvalue weighted by molar-refractivity contribution is -0.129. The minimum Gasteiger partial charge on any atom is -0.342 e. The number of hydrogen-bond acceptors (Lipinski definition) is 1. The van der Waals surface area contributed by atoms with Crippen LogP contribution >= 0.6 is 15.9 Å². The molecule has 20 heavy (non-hydrogen) atoms. The molecule has 1 saturated heterocycles. The minimum absolute atomic E-state index is 0.233. The van der Waals surface area contributed by atoms with Crippen LogP contribution in [0.4, 0.5) is 0 Å². The summed E-state index contributed by atoms with van der Waals surface area (Å²) in [7, 11) is 0. The number of carbonyl (C=O) groups excluding carboxylic acids is 1. The molecular formula is C17H32BrNO. The van der Waals surface area contributed by atoms with Crippen molar-refractivity contribution in [1.82, 2.24) is 4.90 Å². The molecule has 1 fully saturated rings. The number of likely N-dealkylation sites (tertiary alicyclic amines) is 1. The molecule has 0 spiro atoms. The molecule has 1 heterocycles. The van der Waals surface area contributed by atoms with Crippen LogP contribution in [0.1, 0.15) is 66.7 Å². The summed E-state index contributed by atoms with van der Waals surface area (Å²) in [6, 6.07) is 0. The molecule has 1 aliphatic heterocycles. The molecule has 1 rings (SSSR count). The van der Waals surface area contributed by atoms with Gasteiger partial charge >= 0.3 is 0 Å². The lowest BCUT2D eigenvalue weighted by Gasteiger charge is -2.36. The molecule has 1 atom stereocenters. The molecule has 3 heteroatoms. The van der Waals surface area contributed by atoms with Gasteiger partial charge in [-0.15, -0.1) is 0 Å². The summed E-state index contributed by atoms with van der Waals surface area (Å²) in [6.07, 6.45) is 5.53. The Morgan fingerprint density at radius 1 is 1.20 bits per heavy atom. The van der Waals surface area contributed by atoms with E-state index in [4.69, 9.17) is 0 Å². The van der Waals surface area contributed by atoms with Crippen molar-refractivity contribution in [3.05, 3.63) is 0 Å². The standard InChI is InChI=1S/C17H32BrNO/c1-6-8-17(12-18,9-7-2)13-19-11-14(10-15(19)20)16(3,4)5/h14H,6-13H2,1-5H3. The van der Waals surface area contributed by atoms with Gasteiger partial charge < -0.3 is 4.90 Å². The number of nitrogens with zero attached hydrogens (tertiary/aromatic N) is 1. The number of halogens is 1. The first-order valence-electron chi connectivity index (χ1n) is 8.11. The van der Waals surface area contributed by atoms with E-state index in [9.17, 15) is 4.79 Å². The van der Waals surface area contributed by atoms with Gasteiger partial charge in [-0.2, -0.15) is 0 Å². The molecule has 118 valence electrons. The molecule has 0 aliphatic carbocycles. The van der Waals surface area contributed by atoms with Gasteiger partial charge in [-0.05, 0) is 29.6 Å². The molecule has 0 aromatic carbocycles. The van der Waals surface area contributed by atoms with Crippen molar-refractivity contribution in [3.8, 4) is 0 Å². The fourth-order valence-corrected chi connectivity index (χ4v) is 4.17. The molecule has 1 unspecified atom stereocenters. The Morgan fingerprint density at radius 2 is 1.75 bits per heavy atom. The number of carbonyl (C=O) groups is 1. The van der Waals surface area contributed by atoms with Crippen LogP contribution in [0.5, 0.6) is 0 Å². The van der Waals surface area contributed by atoms with Crippen molar-refractivity contribution in [2.75, 3.05) is 18.4 Å². The monoisotopic (exact) mass is 345 g/mol. The molecule has 0 saturated carbocycles. The van der Waals surface area contributed by atoms with Crippen molar-refractivity contribution in [1.29, 1.82) is 0 Å². The van der Waals surface area contributed by atoms with Crippen LogP contribution in [-0.2, 0) is 4.79 Å². The molecule has 0 N–H and O–H groups in total. The number of alkyl halides is 1. The largest absolute Gasteiger partial charge is 0.342 e. The average molecular weight is 346 g/mol. The fourth-order valence-electron chi connectivity index (χ4n) is 3.43. The Bertz CT molecular complexity index is 315. The van der Waals surface area contributed by atoms with Crippen LogP contribution in [-0.4, -0.2) is 29.2 Å².